The van der Waals surface area contributed by atoms with Gasteiger partial charge in [0.15, 0.2) is 0 Å². The van der Waals surface area contributed by atoms with Crippen molar-refractivity contribution in [1.82, 2.24) is 5.32 Å². The van der Waals surface area contributed by atoms with Crippen LogP contribution < -0.4 is 11.1 Å². The Kier molecular flexibility index (Phi) is 4.39. The summed E-state index contributed by atoms with van der Waals surface area (Å²) in [6.45, 7) is 0. The van der Waals surface area contributed by atoms with Gasteiger partial charge < -0.3 is 11.1 Å². The summed E-state index contributed by atoms with van der Waals surface area (Å²) < 4.78 is 0. The van der Waals surface area contributed by atoms with Crippen molar-refractivity contribution in [3.8, 4) is 0 Å². The molecular weight excluding hydrogens is 266 g/mol. The zero-order valence-electron chi connectivity index (χ0n) is 10.2. The lowest BCUT2D eigenvalue weighted by molar-refractivity contribution is -0.387. The van der Waals surface area contributed by atoms with Gasteiger partial charge in [0.2, 0.25) is 5.91 Å². The summed E-state index contributed by atoms with van der Waals surface area (Å²) in [6, 6.07) is 6.41. The first-order valence-electron chi connectivity index (χ1n) is 5.99. The van der Waals surface area contributed by atoms with Crippen molar-refractivity contribution in [1.29, 1.82) is 0 Å². The molecule has 1 atom stereocenters. The highest BCUT2D eigenvalue weighted by Crippen LogP contribution is 2.29. The maximum absolute atomic E-state index is 11.3. The molecule has 0 saturated heterocycles. The van der Waals surface area contributed by atoms with Crippen molar-refractivity contribution in [2.24, 2.45) is 5.73 Å². The molecule has 0 heterocycles. The molecule has 0 bridgehead atoms. The lowest BCUT2D eigenvalue weighted by Gasteiger charge is -2.14. The number of carbonyl (C=O) groups is 1. The average molecular weight is 281 g/mol. The van der Waals surface area contributed by atoms with Crippen LogP contribution in [0.25, 0.3) is 0 Å². The first-order valence-corrected chi connectivity index (χ1v) is 6.98. The highest BCUT2D eigenvalue weighted by atomic mass is 32.2. The second-order valence-electron chi connectivity index (χ2n) is 4.43. The van der Waals surface area contributed by atoms with Crippen LogP contribution in [0.5, 0.6) is 0 Å². The first kappa shape index (κ1) is 13.8. The van der Waals surface area contributed by atoms with Gasteiger partial charge in [-0.25, -0.2) is 0 Å². The Balaban J connectivity index is 1.99. The van der Waals surface area contributed by atoms with Gasteiger partial charge >= 0.3 is 0 Å². The predicted molar refractivity (Wildman–Crippen MR) is 73.0 cm³/mol. The number of hydrogen-bond donors (Lipinski definition) is 2. The molecule has 6 nitrogen and oxygen atoms in total. The van der Waals surface area contributed by atoms with Gasteiger partial charge in [-0.15, -0.1) is 11.8 Å². The van der Waals surface area contributed by atoms with Gasteiger partial charge in [0.25, 0.3) is 5.69 Å². The van der Waals surface area contributed by atoms with E-state index in [0.29, 0.717) is 16.7 Å². The molecule has 102 valence electrons. The van der Waals surface area contributed by atoms with E-state index in [1.54, 1.807) is 18.2 Å². The Bertz CT molecular complexity index is 491. The van der Waals surface area contributed by atoms with Crippen molar-refractivity contribution in [2.45, 2.75) is 29.8 Å². The maximum atomic E-state index is 11.3. The van der Waals surface area contributed by atoms with Gasteiger partial charge in [-0.1, -0.05) is 12.1 Å². The molecule has 19 heavy (non-hydrogen) atoms. The molecule has 1 amide bonds. The van der Waals surface area contributed by atoms with Crippen LogP contribution in [0.4, 0.5) is 5.69 Å². The molecule has 1 aliphatic carbocycles. The standard InChI is InChI=1S/C12H15N3O3S/c13-12(16)9(14-8-5-6-8)7-19-11-4-2-1-3-10(11)15(17)18/h1-4,8-9,14H,5-7H2,(H2,13,16). The molecule has 0 radical (unpaired) electrons. The number of carbonyl (C=O) groups excluding carboxylic acids is 1. The van der Waals surface area contributed by atoms with E-state index in [-0.39, 0.29) is 5.69 Å². The highest BCUT2D eigenvalue weighted by Gasteiger charge is 2.27. The number of nitrogens with one attached hydrogen (secondary N) is 1. The molecular formula is C12H15N3O3S. The molecule has 0 spiro atoms. The second kappa shape index (κ2) is 6.03. The number of thioether (sulfide) groups is 1. The number of rotatable bonds is 7. The third-order valence-electron chi connectivity index (χ3n) is 2.83. The Morgan fingerprint density at radius 3 is 2.79 bits per heavy atom. The lowest BCUT2D eigenvalue weighted by Crippen LogP contribution is -2.44. The molecule has 1 aromatic rings. The van der Waals surface area contributed by atoms with Crippen LogP contribution in [0.1, 0.15) is 12.8 Å². The molecule has 7 heteroatoms. The van der Waals surface area contributed by atoms with E-state index >= 15 is 0 Å². The van der Waals surface area contributed by atoms with Gasteiger partial charge in [-0.2, -0.15) is 0 Å². The zero-order valence-corrected chi connectivity index (χ0v) is 11.1. The molecule has 2 rings (SSSR count). The average Bonchev–Trinajstić information content (AvgIpc) is 3.18. The minimum atomic E-state index is -0.447. The minimum Gasteiger partial charge on any atom is -0.368 e. The van der Waals surface area contributed by atoms with E-state index in [1.807, 2.05) is 0 Å². The largest absolute Gasteiger partial charge is 0.368 e. The summed E-state index contributed by atoms with van der Waals surface area (Å²) in [5.41, 5.74) is 5.38. The van der Waals surface area contributed by atoms with Gasteiger partial charge in [0.05, 0.1) is 15.9 Å². The molecule has 1 saturated carbocycles. The molecule has 3 N–H and O–H groups in total. The number of hydrogen-bond acceptors (Lipinski definition) is 5. The Hall–Kier alpha value is -1.60. The van der Waals surface area contributed by atoms with Crippen LogP contribution >= 0.6 is 11.8 Å². The molecule has 1 fully saturated rings. The van der Waals surface area contributed by atoms with Gasteiger partial charge in [0.1, 0.15) is 0 Å². The van der Waals surface area contributed by atoms with E-state index in [4.69, 9.17) is 5.73 Å². The van der Waals surface area contributed by atoms with Crippen molar-refractivity contribution in [3.05, 3.63) is 34.4 Å². The highest BCUT2D eigenvalue weighted by molar-refractivity contribution is 7.99. The van der Waals surface area contributed by atoms with Crippen molar-refractivity contribution in [2.75, 3.05) is 5.75 Å². The Morgan fingerprint density at radius 1 is 1.53 bits per heavy atom. The van der Waals surface area contributed by atoms with E-state index in [2.05, 4.69) is 5.32 Å². The van der Waals surface area contributed by atoms with Crippen molar-refractivity contribution >= 4 is 23.4 Å². The number of nitrogens with zero attached hydrogens (tertiary/aromatic N) is 1. The summed E-state index contributed by atoms with van der Waals surface area (Å²) in [5, 5.41) is 14.0. The molecule has 1 aromatic carbocycles. The number of amides is 1. The zero-order chi connectivity index (χ0) is 13.8. The number of nitro benzene ring substituents is 1. The fourth-order valence-electron chi connectivity index (χ4n) is 1.65. The van der Waals surface area contributed by atoms with E-state index < -0.39 is 16.9 Å². The minimum absolute atomic E-state index is 0.0575. The number of para-hydroxylation sites is 1. The van der Waals surface area contributed by atoms with E-state index in [9.17, 15) is 14.9 Å². The fraction of sp³-hybridized carbons (Fsp3) is 0.417. The van der Waals surface area contributed by atoms with Crippen LogP contribution in [0, 0.1) is 10.1 Å². The third kappa shape index (κ3) is 3.93. The summed E-state index contributed by atoms with van der Waals surface area (Å²) >= 11 is 1.28. The molecule has 1 aliphatic rings. The van der Waals surface area contributed by atoms with Crippen molar-refractivity contribution in [3.63, 3.8) is 0 Å². The van der Waals surface area contributed by atoms with Crippen LogP contribution in [-0.4, -0.2) is 28.7 Å². The van der Waals surface area contributed by atoms with Crippen molar-refractivity contribution < 1.29 is 9.72 Å². The summed E-state index contributed by atoms with van der Waals surface area (Å²) in [4.78, 5) is 22.3. The molecule has 0 aromatic heterocycles. The molecule has 0 aliphatic heterocycles. The summed E-state index contributed by atoms with van der Waals surface area (Å²) in [7, 11) is 0. The lowest BCUT2D eigenvalue weighted by atomic mass is 10.3. The predicted octanol–water partition coefficient (Wildman–Crippen LogP) is 1.29. The van der Waals surface area contributed by atoms with Crippen LogP contribution in [-0.2, 0) is 4.79 Å². The summed E-state index contributed by atoms with van der Waals surface area (Å²) in [5.74, 6) is -0.0190. The van der Waals surface area contributed by atoms with Crippen LogP contribution in [0.15, 0.2) is 29.2 Å². The van der Waals surface area contributed by atoms with Crippen LogP contribution in [0.3, 0.4) is 0 Å². The van der Waals surface area contributed by atoms with E-state index in [0.717, 1.165) is 12.8 Å². The van der Waals surface area contributed by atoms with Gasteiger partial charge in [0, 0.05) is 17.9 Å². The quantitative estimate of drug-likeness (QED) is 0.446. The Labute approximate surface area is 114 Å². The Morgan fingerprint density at radius 2 is 2.21 bits per heavy atom. The fourth-order valence-corrected chi connectivity index (χ4v) is 2.72. The smallest absolute Gasteiger partial charge is 0.282 e. The summed E-state index contributed by atoms with van der Waals surface area (Å²) in [6.07, 6.45) is 2.11. The monoisotopic (exact) mass is 281 g/mol. The normalized spacial score (nSPS) is 16.0. The number of benzene rings is 1. The molecule has 1 unspecified atom stereocenters. The number of nitrogens with two attached hydrogens (primary N) is 1. The topological polar surface area (TPSA) is 98.3 Å². The number of primary amides is 1. The maximum Gasteiger partial charge on any atom is 0.282 e. The third-order valence-corrected chi connectivity index (χ3v) is 3.98. The van der Waals surface area contributed by atoms with E-state index in [1.165, 1.54) is 17.8 Å². The SMILES string of the molecule is NC(=O)C(CSc1ccccc1[N+](=O)[O-])NC1CC1. The van der Waals surface area contributed by atoms with Gasteiger partial charge in [-0.3, -0.25) is 14.9 Å². The van der Waals surface area contributed by atoms with Gasteiger partial charge in [-0.05, 0) is 18.9 Å². The second-order valence-corrected chi connectivity index (χ2v) is 5.49. The first-order chi connectivity index (χ1) is 9.08. The number of nitro groups is 1. The van der Waals surface area contributed by atoms with Crippen LogP contribution in [0.2, 0.25) is 0 Å².